The highest BCUT2D eigenvalue weighted by atomic mass is 32.2. The molecule has 0 spiro atoms. The minimum Gasteiger partial charge on any atom is -0.437 e. The molecule has 1 aliphatic rings. The van der Waals surface area contributed by atoms with Crippen molar-refractivity contribution >= 4 is 49.0 Å². The Bertz CT molecular complexity index is 1650. The Hall–Kier alpha value is -3.56. The highest BCUT2D eigenvalue weighted by Crippen LogP contribution is 2.37. The summed E-state index contributed by atoms with van der Waals surface area (Å²) in [7, 11) is -7.25. The Morgan fingerprint density at radius 3 is 2.52 bits per heavy atom. The molecule has 2 N–H and O–H groups in total. The van der Waals surface area contributed by atoms with Gasteiger partial charge in [-0.3, -0.25) is 4.31 Å². The summed E-state index contributed by atoms with van der Waals surface area (Å²) in [5.74, 6) is -1.61. The first-order valence-electron chi connectivity index (χ1n) is 12.5. The molecule has 0 bridgehead atoms. The summed E-state index contributed by atoms with van der Waals surface area (Å²) in [5.41, 5.74) is 5.44. The van der Waals surface area contributed by atoms with Crippen LogP contribution in [0.3, 0.4) is 0 Å². The van der Waals surface area contributed by atoms with Crippen LogP contribution in [0.15, 0.2) is 34.7 Å². The van der Waals surface area contributed by atoms with Crippen LogP contribution in [-0.2, 0) is 31.2 Å². The molecule has 1 aromatic carbocycles. The fourth-order valence-electron chi connectivity index (χ4n) is 4.59. The Morgan fingerprint density at radius 1 is 1.23 bits per heavy atom. The van der Waals surface area contributed by atoms with Crippen LogP contribution in [0.25, 0.3) is 22.4 Å². The van der Waals surface area contributed by atoms with Crippen LogP contribution in [-0.4, -0.2) is 69.8 Å². The van der Waals surface area contributed by atoms with Crippen molar-refractivity contribution in [2.24, 2.45) is 5.73 Å². The molecule has 3 heterocycles. The van der Waals surface area contributed by atoms with E-state index in [-0.39, 0.29) is 59.1 Å². The number of furan rings is 1. The maximum Gasteiger partial charge on any atom is 0.412 e. The van der Waals surface area contributed by atoms with Crippen molar-refractivity contribution < 1.29 is 40.0 Å². The second-order valence-corrected chi connectivity index (χ2v) is 13.3. The van der Waals surface area contributed by atoms with Gasteiger partial charge in [0, 0.05) is 25.2 Å². The summed E-state index contributed by atoms with van der Waals surface area (Å²) in [4.78, 5) is 28.6. The van der Waals surface area contributed by atoms with Gasteiger partial charge in [-0.1, -0.05) is 6.92 Å². The molecule has 1 saturated heterocycles. The van der Waals surface area contributed by atoms with Crippen molar-refractivity contribution in [3.63, 3.8) is 0 Å². The SMILES string of the molecule is CCc1cc2c(C(=O)OC(N)=O)c(-c3ccc(F)cc3)oc2nc1N(CCCN1CCCCS1(=O)=O)S(C)(=O)=O. The molecular weight excluding hydrogens is 567 g/mol. The molecule has 2 aromatic heterocycles. The van der Waals surface area contributed by atoms with Gasteiger partial charge in [-0.25, -0.2) is 35.1 Å². The zero-order valence-corrected chi connectivity index (χ0v) is 23.6. The number of benzene rings is 1. The smallest absolute Gasteiger partial charge is 0.412 e. The number of esters is 1. The zero-order valence-electron chi connectivity index (χ0n) is 21.9. The van der Waals surface area contributed by atoms with Gasteiger partial charge >= 0.3 is 12.1 Å². The van der Waals surface area contributed by atoms with E-state index >= 15 is 0 Å². The topological polar surface area (TPSA) is 170 Å². The zero-order chi connectivity index (χ0) is 29.2. The maximum absolute atomic E-state index is 13.6. The van der Waals surface area contributed by atoms with E-state index in [2.05, 4.69) is 9.72 Å². The average molecular weight is 597 g/mol. The number of nitrogens with two attached hydrogens (primary N) is 1. The lowest BCUT2D eigenvalue weighted by molar-refractivity contribution is 0.0640. The predicted octanol–water partition coefficient (Wildman–Crippen LogP) is 3.01. The third-order valence-corrected chi connectivity index (χ3v) is 9.59. The Morgan fingerprint density at radius 2 is 1.93 bits per heavy atom. The molecule has 3 aromatic rings. The van der Waals surface area contributed by atoms with Gasteiger partial charge in [-0.05, 0) is 61.6 Å². The number of aromatic nitrogens is 1. The number of pyridine rings is 1. The van der Waals surface area contributed by atoms with E-state index < -0.39 is 37.9 Å². The standard InChI is InChI=1S/C25H29FN4O8S2/c1-3-16-15-19-20(24(31)38-25(27)32)21(17-7-9-18(26)10-8-17)37-23(19)28-22(16)30(39(2,33)34)13-6-12-29-11-4-5-14-40(29,35)36/h7-10,15H,3-6,11-14H2,1-2H3,(H2,27,32). The van der Waals surface area contributed by atoms with Crippen LogP contribution in [0.2, 0.25) is 0 Å². The lowest BCUT2D eigenvalue weighted by atomic mass is 10.0. The number of nitrogens with zero attached hydrogens (tertiary/aromatic N) is 3. The van der Waals surface area contributed by atoms with Crippen molar-refractivity contribution in [3.05, 3.63) is 47.3 Å². The summed E-state index contributed by atoms with van der Waals surface area (Å²) in [5, 5.41) is 0.138. The molecule has 1 aliphatic heterocycles. The predicted molar refractivity (Wildman–Crippen MR) is 145 cm³/mol. The molecule has 4 rings (SSSR count). The molecule has 0 aliphatic carbocycles. The van der Waals surface area contributed by atoms with Gasteiger partial charge in [0.05, 0.1) is 17.4 Å². The van der Waals surface area contributed by atoms with E-state index in [1.54, 1.807) is 6.92 Å². The number of halogens is 1. The number of aryl methyl sites for hydroxylation is 1. The van der Waals surface area contributed by atoms with E-state index in [0.29, 0.717) is 24.9 Å². The molecule has 0 unspecified atom stereocenters. The second-order valence-electron chi connectivity index (χ2n) is 9.31. The minimum atomic E-state index is -3.88. The molecule has 0 saturated carbocycles. The fraction of sp³-hybridized carbons (Fsp3) is 0.400. The van der Waals surface area contributed by atoms with Crippen molar-refractivity contribution in [2.45, 2.75) is 32.6 Å². The molecular formula is C25H29FN4O8S2. The normalized spacial score (nSPS) is 15.7. The number of ether oxygens (including phenoxy) is 1. The summed E-state index contributed by atoms with van der Waals surface area (Å²) >= 11 is 0. The van der Waals surface area contributed by atoms with Crippen LogP contribution >= 0.6 is 0 Å². The van der Waals surface area contributed by atoms with Crippen molar-refractivity contribution in [2.75, 3.05) is 35.9 Å². The van der Waals surface area contributed by atoms with E-state index in [4.69, 9.17) is 10.2 Å². The van der Waals surface area contributed by atoms with Crippen LogP contribution in [0.1, 0.15) is 42.1 Å². The molecule has 40 heavy (non-hydrogen) atoms. The van der Waals surface area contributed by atoms with Gasteiger partial charge in [-0.2, -0.15) is 4.98 Å². The Balaban J connectivity index is 1.78. The average Bonchev–Trinajstić information content (AvgIpc) is 3.24. The van der Waals surface area contributed by atoms with Gasteiger partial charge in [0.15, 0.2) is 5.76 Å². The van der Waals surface area contributed by atoms with E-state index in [1.165, 1.54) is 22.5 Å². The fourth-order valence-corrected chi connectivity index (χ4v) is 7.17. The number of rotatable bonds is 9. The van der Waals surface area contributed by atoms with Gasteiger partial charge in [0.1, 0.15) is 17.2 Å². The van der Waals surface area contributed by atoms with E-state index in [9.17, 15) is 30.8 Å². The number of fused-ring (bicyclic) bond motifs is 1. The van der Waals surface area contributed by atoms with Crippen molar-refractivity contribution in [1.82, 2.24) is 9.29 Å². The molecule has 216 valence electrons. The summed E-state index contributed by atoms with van der Waals surface area (Å²) in [6.07, 6.45) is 1.51. The first kappa shape index (κ1) is 29.4. The third kappa shape index (κ3) is 6.26. The maximum atomic E-state index is 13.6. The summed E-state index contributed by atoms with van der Waals surface area (Å²) < 4.78 is 76.9. The monoisotopic (exact) mass is 596 g/mol. The van der Waals surface area contributed by atoms with E-state index in [1.807, 2.05) is 0 Å². The first-order valence-corrected chi connectivity index (χ1v) is 16.0. The molecule has 15 heteroatoms. The largest absolute Gasteiger partial charge is 0.437 e. The van der Waals surface area contributed by atoms with E-state index in [0.717, 1.165) is 29.1 Å². The third-order valence-electron chi connectivity index (χ3n) is 6.48. The minimum absolute atomic E-state index is 0.0493. The molecule has 0 radical (unpaired) electrons. The summed E-state index contributed by atoms with van der Waals surface area (Å²) in [6, 6.07) is 6.52. The quantitative estimate of drug-likeness (QED) is 0.288. The number of anilines is 1. The number of primary amides is 1. The highest BCUT2D eigenvalue weighted by Gasteiger charge is 2.30. The molecule has 1 amide bonds. The van der Waals surface area contributed by atoms with Gasteiger partial charge < -0.3 is 14.9 Å². The number of hydrogen-bond donors (Lipinski definition) is 1. The van der Waals surface area contributed by atoms with Gasteiger partial charge in [-0.15, -0.1) is 0 Å². The molecule has 0 atom stereocenters. The highest BCUT2D eigenvalue weighted by molar-refractivity contribution is 7.92. The van der Waals surface area contributed by atoms with Crippen LogP contribution < -0.4 is 10.0 Å². The lowest BCUT2D eigenvalue weighted by Crippen LogP contribution is -2.40. The Kier molecular flexibility index (Phi) is 8.46. The number of hydrogen-bond acceptors (Lipinski definition) is 9. The number of carbonyl (C=O) groups is 2. The lowest BCUT2D eigenvalue weighted by Gasteiger charge is -2.28. The van der Waals surface area contributed by atoms with Crippen LogP contribution in [0, 0.1) is 5.82 Å². The van der Waals surface area contributed by atoms with Crippen molar-refractivity contribution in [1.29, 1.82) is 0 Å². The Labute approximate surface area is 231 Å². The molecule has 12 nitrogen and oxygen atoms in total. The number of amides is 1. The summed E-state index contributed by atoms with van der Waals surface area (Å²) in [6.45, 7) is 2.24. The van der Waals surface area contributed by atoms with Crippen molar-refractivity contribution in [3.8, 4) is 11.3 Å². The van der Waals surface area contributed by atoms with Gasteiger partial charge in [0.25, 0.3) is 0 Å². The number of sulfonamides is 2. The number of carbonyl (C=O) groups excluding carboxylic acids is 2. The van der Waals surface area contributed by atoms with Crippen LogP contribution in [0.4, 0.5) is 15.0 Å². The molecule has 1 fully saturated rings. The second kappa shape index (κ2) is 11.5. The van der Waals surface area contributed by atoms with Gasteiger partial charge in [0.2, 0.25) is 25.8 Å². The van der Waals surface area contributed by atoms with Crippen LogP contribution in [0.5, 0.6) is 0 Å². The first-order chi connectivity index (χ1) is 18.8.